The molecule has 0 fully saturated rings. The van der Waals surface area contributed by atoms with E-state index in [1.807, 2.05) is 72.1 Å². The maximum atomic E-state index is 10.1. The van der Waals surface area contributed by atoms with Crippen molar-refractivity contribution in [2.45, 2.75) is 142 Å². The molecule has 7 rings (SSSR count). The molecule has 6 heterocycles. The molecule has 7 nitrogen and oxygen atoms in total. The van der Waals surface area contributed by atoms with Gasteiger partial charge in [0.1, 0.15) is 40.7 Å². The molecule has 0 unspecified atom stereocenters. The third-order valence-corrected chi connectivity index (χ3v) is 22.2. The van der Waals surface area contributed by atoms with Crippen molar-refractivity contribution >= 4 is 84.2 Å². The summed E-state index contributed by atoms with van der Waals surface area (Å²) in [5.41, 5.74) is 3.03. The van der Waals surface area contributed by atoms with Gasteiger partial charge in [-0.05, 0) is 88.0 Å². The molecule has 0 saturated heterocycles. The van der Waals surface area contributed by atoms with Crippen LogP contribution in [0.3, 0.4) is 0 Å². The number of rotatable bonds is 16. The van der Waals surface area contributed by atoms with Gasteiger partial charge in [0.05, 0.1) is 23.9 Å². The van der Waals surface area contributed by atoms with Crippen LogP contribution in [0.4, 0.5) is 5.69 Å². The van der Waals surface area contributed by atoms with Crippen molar-refractivity contribution < 1.29 is 13.9 Å². The van der Waals surface area contributed by atoms with E-state index >= 15 is 0 Å². The smallest absolute Gasteiger partial charge is 0.250 e. The van der Waals surface area contributed by atoms with E-state index in [0.717, 1.165) is 58.0 Å². The number of nitriles is 3. The van der Waals surface area contributed by atoms with E-state index in [4.69, 9.17) is 13.9 Å². The van der Waals surface area contributed by atoms with E-state index in [1.54, 1.807) is 11.3 Å². The van der Waals surface area contributed by atoms with Gasteiger partial charge >= 0.3 is 0 Å². The van der Waals surface area contributed by atoms with Crippen LogP contribution < -0.4 is 14.1 Å². The molecule has 0 radical (unpaired) electrons. The molecular formula is C51H60N4O3S4Si. The normalized spacial score (nSPS) is 15.5. The van der Waals surface area contributed by atoms with Gasteiger partial charge in [0.2, 0.25) is 0 Å². The zero-order valence-corrected chi connectivity index (χ0v) is 43.0. The van der Waals surface area contributed by atoms with E-state index in [2.05, 4.69) is 103 Å². The number of nitrogens with zero attached hydrogens (tertiary/aromatic N) is 4. The Balaban J connectivity index is 1.37. The van der Waals surface area contributed by atoms with Gasteiger partial charge in [-0.15, -0.1) is 45.3 Å². The third kappa shape index (κ3) is 8.90. The Kier molecular flexibility index (Phi) is 13.5. The number of hydrogen-bond acceptors (Lipinski definition) is 11. The summed E-state index contributed by atoms with van der Waals surface area (Å²) in [4.78, 5) is 7.02. The maximum absolute atomic E-state index is 10.1. The molecule has 2 aliphatic heterocycles. The Labute approximate surface area is 391 Å². The van der Waals surface area contributed by atoms with E-state index in [9.17, 15) is 15.8 Å². The van der Waals surface area contributed by atoms with Gasteiger partial charge in [-0.1, -0.05) is 79.2 Å². The van der Waals surface area contributed by atoms with Crippen molar-refractivity contribution in [1.29, 1.82) is 15.8 Å². The molecule has 0 bridgehead atoms. The number of anilines is 1. The first-order valence-electron chi connectivity index (χ1n) is 22.3. The molecule has 5 aromatic rings. The van der Waals surface area contributed by atoms with Crippen LogP contribution >= 0.6 is 45.3 Å². The number of thiophene rings is 4. The summed E-state index contributed by atoms with van der Waals surface area (Å²) < 4.78 is 25.9. The average molecular weight is 933 g/mol. The molecule has 0 saturated carbocycles. The Morgan fingerprint density at radius 3 is 2.06 bits per heavy atom. The second kappa shape index (κ2) is 18.3. The van der Waals surface area contributed by atoms with Gasteiger partial charge in [-0.3, -0.25) is 0 Å². The van der Waals surface area contributed by atoms with Crippen LogP contribution in [0.2, 0.25) is 18.1 Å². The highest BCUT2D eigenvalue weighted by molar-refractivity contribution is 7.35. The predicted molar refractivity (Wildman–Crippen MR) is 271 cm³/mol. The Hall–Kier alpha value is -4.35. The summed E-state index contributed by atoms with van der Waals surface area (Å²) in [6.07, 6.45) is 15.3. The summed E-state index contributed by atoms with van der Waals surface area (Å²) in [5, 5.41) is 29.3. The lowest BCUT2D eigenvalue weighted by atomic mass is 9.81. The lowest BCUT2D eigenvalue weighted by Crippen LogP contribution is -2.44. The van der Waals surface area contributed by atoms with Crippen LogP contribution in [0.5, 0.6) is 11.5 Å². The molecule has 2 aliphatic rings. The molecule has 12 heteroatoms. The van der Waals surface area contributed by atoms with Crippen molar-refractivity contribution in [2.24, 2.45) is 0 Å². The fourth-order valence-electron chi connectivity index (χ4n) is 8.36. The van der Waals surface area contributed by atoms with Gasteiger partial charge < -0.3 is 18.8 Å². The Bertz CT molecular complexity index is 2740. The quantitative estimate of drug-likeness (QED) is 0.0551. The van der Waals surface area contributed by atoms with Crippen LogP contribution in [0.25, 0.3) is 45.1 Å². The molecule has 4 aromatic heterocycles. The molecule has 0 spiro atoms. The van der Waals surface area contributed by atoms with E-state index < -0.39 is 19.5 Å². The molecule has 0 N–H and O–H groups in total. The number of hydrogen-bond donors (Lipinski definition) is 0. The standard InChI is InChI=1S/C51H60N4O3S4Si/c1-12-14-16-18-24-51(25-19-17-15-13-2)42-45-41(28-39(60-45)35-22-20-33(55(8)9)26-38(35)58-63(10,11)49(3,4)5)61-47(42)48-44(57-51)46-40(62-48)27-34(59-46)21-23-37-36(31-54)43(32(29-52)30-53)56-50(37,6)7/h20-23,26-28H,12-19,24-25H2,1-11H3/b23-21+. The minimum Gasteiger partial charge on any atom is -0.543 e. The number of allylic oxidation sites excluding steroid dienone is 2. The first-order valence-corrected chi connectivity index (χ1v) is 28.5. The van der Waals surface area contributed by atoms with E-state index in [1.165, 1.54) is 72.8 Å². The summed E-state index contributed by atoms with van der Waals surface area (Å²) >= 11 is 7.36. The van der Waals surface area contributed by atoms with Crippen molar-refractivity contribution in [3.63, 3.8) is 0 Å². The summed E-state index contributed by atoms with van der Waals surface area (Å²) in [5.74, 6) is 2.03. The second-order valence-electron chi connectivity index (χ2n) is 19.1. The van der Waals surface area contributed by atoms with Gasteiger partial charge in [-0.25, -0.2) is 0 Å². The first-order chi connectivity index (χ1) is 29.9. The van der Waals surface area contributed by atoms with Crippen molar-refractivity contribution in [2.75, 3.05) is 19.0 Å². The lowest BCUT2D eigenvalue weighted by Gasteiger charge is -2.39. The molecule has 0 amide bonds. The lowest BCUT2D eigenvalue weighted by molar-refractivity contribution is 0.0431. The monoisotopic (exact) mass is 932 g/mol. The summed E-state index contributed by atoms with van der Waals surface area (Å²) in [6.45, 7) is 19.8. The fourth-order valence-corrected chi connectivity index (χ4v) is 14.8. The number of fused-ring (bicyclic) bond motifs is 7. The van der Waals surface area contributed by atoms with Gasteiger partial charge in [0.25, 0.3) is 8.32 Å². The topological polar surface area (TPSA) is 102 Å². The summed E-state index contributed by atoms with van der Waals surface area (Å²) in [7, 11) is 2.04. The maximum Gasteiger partial charge on any atom is 0.250 e. The van der Waals surface area contributed by atoms with Crippen LogP contribution in [0.15, 0.2) is 58.9 Å². The van der Waals surface area contributed by atoms with E-state index in [-0.39, 0.29) is 21.9 Å². The van der Waals surface area contributed by atoms with Gasteiger partial charge in [-0.2, -0.15) is 15.8 Å². The average Bonchev–Trinajstić information content (AvgIpc) is 4.03. The Morgan fingerprint density at radius 1 is 0.810 bits per heavy atom. The Morgan fingerprint density at radius 2 is 1.46 bits per heavy atom. The number of ether oxygens (including phenoxy) is 2. The highest BCUT2D eigenvalue weighted by Gasteiger charge is 2.46. The molecular weight excluding hydrogens is 873 g/mol. The zero-order chi connectivity index (χ0) is 45.5. The fraction of sp³-hybridized carbons (Fsp3) is 0.471. The van der Waals surface area contributed by atoms with Gasteiger partial charge in [0.15, 0.2) is 17.1 Å². The second-order valence-corrected chi connectivity index (χ2v) is 28.1. The van der Waals surface area contributed by atoms with E-state index in [0.29, 0.717) is 5.57 Å². The van der Waals surface area contributed by atoms with Crippen molar-refractivity contribution in [3.05, 3.63) is 69.3 Å². The largest absolute Gasteiger partial charge is 0.543 e. The first kappa shape index (κ1) is 46.6. The molecule has 0 aliphatic carbocycles. The van der Waals surface area contributed by atoms with Crippen LogP contribution in [0, 0.1) is 34.0 Å². The number of benzene rings is 1. The number of unbranched alkanes of at least 4 members (excludes halogenated alkanes) is 6. The highest BCUT2D eigenvalue weighted by atomic mass is 32.1. The molecule has 63 heavy (non-hydrogen) atoms. The zero-order valence-electron chi connectivity index (χ0n) is 38.8. The summed E-state index contributed by atoms with van der Waals surface area (Å²) in [6, 6.07) is 17.3. The van der Waals surface area contributed by atoms with Gasteiger partial charge in [0, 0.05) is 57.0 Å². The minimum absolute atomic E-state index is 0.0527. The van der Waals surface area contributed by atoms with Crippen LogP contribution in [-0.2, 0) is 10.3 Å². The van der Waals surface area contributed by atoms with Crippen molar-refractivity contribution in [3.8, 4) is 49.9 Å². The van der Waals surface area contributed by atoms with Crippen LogP contribution in [0.1, 0.15) is 123 Å². The highest BCUT2D eigenvalue weighted by Crippen LogP contribution is 2.63. The van der Waals surface area contributed by atoms with Crippen LogP contribution in [-0.4, -0.2) is 28.0 Å². The van der Waals surface area contributed by atoms with Crippen molar-refractivity contribution in [1.82, 2.24) is 0 Å². The minimum atomic E-state index is -2.15. The predicted octanol–water partition coefficient (Wildman–Crippen LogP) is 16.5. The third-order valence-electron chi connectivity index (χ3n) is 12.9. The SMILES string of the molecule is CCCCCCC1(CCCCCC)Oc2c(sc3cc(/C=C/C4=C(C#N)C(=C(C#N)C#N)OC4(C)C)sc23)-c2sc3cc(-c4ccc(N(C)C)cc4O[Si](C)(C)C(C)(C)C)sc3c21. The molecule has 0 atom stereocenters. The molecule has 330 valence electrons. The molecule has 1 aromatic carbocycles.